The van der Waals surface area contributed by atoms with Crippen molar-refractivity contribution < 1.29 is 4.79 Å². The summed E-state index contributed by atoms with van der Waals surface area (Å²) in [5.74, 6) is 0.0727. The fourth-order valence-electron chi connectivity index (χ4n) is 2.97. The van der Waals surface area contributed by atoms with E-state index in [0.29, 0.717) is 11.4 Å². The lowest BCUT2D eigenvalue weighted by Crippen LogP contribution is -1.95. The van der Waals surface area contributed by atoms with Gasteiger partial charge in [0.05, 0.1) is 0 Å². The third-order valence-electron chi connectivity index (χ3n) is 4.07. The van der Waals surface area contributed by atoms with Crippen LogP contribution in [0.2, 0.25) is 5.02 Å². The topological polar surface area (TPSA) is 30.0 Å². The van der Waals surface area contributed by atoms with Crippen molar-refractivity contribution in [1.82, 2.24) is 4.98 Å². The first-order chi connectivity index (χ1) is 10.7. The summed E-state index contributed by atoms with van der Waals surface area (Å²) in [6, 6.07) is 13.5. The number of carbonyl (C=O) groups excluding carboxylic acids is 1. The van der Waals surface area contributed by atoms with Crippen LogP contribution in [-0.4, -0.2) is 10.8 Å². The number of halogens is 2. The minimum Gasteiger partial charge on any atom is -0.289 e. The molecule has 4 heteroatoms. The highest BCUT2D eigenvalue weighted by atomic mass is 35.5. The van der Waals surface area contributed by atoms with Gasteiger partial charge in [0, 0.05) is 40.4 Å². The largest absolute Gasteiger partial charge is 0.289 e. The molecule has 0 bridgehead atoms. The smallest absolute Gasteiger partial charge is 0.189 e. The molecule has 114 valence electrons. The van der Waals surface area contributed by atoms with Gasteiger partial charge in [0.1, 0.15) is 0 Å². The van der Waals surface area contributed by atoms with Crippen LogP contribution in [0.4, 0.5) is 0 Å². The average molecular weight is 342 g/mol. The van der Waals surface area contributed by atoms with Crippen LogP contribution in [0.1, 0.15) is 21.5 Å². The van der Waals surface area contributed by atoms with Crippen molar-refractivity contribution in [1.29, 1.82) is 0 Å². The molecule has 0 saturated heterocycles. The summed E-state index contributed by atoms with van der Waals surface area (Å²) in [5.41, 5.74) is 3.47. The number of ketones is 1. The molecule has 0 N–H and O–H groups in total. The second-order valence-electron chi connectivity index (χ2n) is 5.39. The molecule has 1 aliphatic carbocycles. The van der Waals surface area contributed by atoms with Gasteiger partial charge in [-0.2, -0.15) is 0 Å². The van der Waals surface area contributed by atoms with Crippen molar-refractivity contribution in [2.45, 2.75) is 6.42 Å². The van der Waals surface area contributed by atoms with Gasteiger partial charge in [-0.3, -0.25) is 9.78 Å². The average Bonchev–Trinajstić information content (AvgIpc) is 2.86. The van der Waals surface area contributed by atoms with Crippen molar-refractivity contribution in [3.05, 3.63) is 82.1 Å². The van der Waals surface area contributed by atoms with Crippen LogP contribution in [0.3, 0.4) is 0 Å². The monoisotopic (exact) mass is 341 g/mol. The molecule has 0 aliphatic heterocycles. The van der Waals surface area contributed by atoms with E-state index < -0.39 is 0 Å². The number of hydrogen-bond donors (Lipinski definition) is 0. The van der Waals surface area contributed by atoms with E-state index in [0.717, 1.165) is 33.0 Å². The SMILES string of the molecule is Cl.O=C1/C(=C\c2cccc3cnccc23)Cc2c(Cl)cccc21. The van der Waals surface area contributed by atoms with E-state index in [1.165, 1.54) is 0 Å². The van der Waals surface area contributed by atoms with Crippen LogP contribution in [0.5, 0.6) is 0 Å². The summed E-state index contributed by atoms with van der Waals surface area (Å²) in [4.78, 5) is 16.7. The van der Waals surface area contributed by atoms with Gasteiger partial charge < -0.3 is 0 Å². The van der Waals surface area contributed by atoms with E-state index in [-0.39, 0.29) is 18.2 Å². The Morgan fingerprint density at radius 2 is 1.91 bits per heavy atom. The van der Waals surface area contributed by atoms with Crippen molar-refractivity contribution in [2.75, 3.05) is 0 Å². The van der Waals surface area contributed by atoms with E-state index in [1.54, 1.807) is 6.20 Å². The van der Waals surface area contributed by atoms with E-state index in [2.05, 4.69) is 4.98 Å². The zero-order valence-corrected chi connectivity index (χ0v) is 13.7. The quantitative estimate of drug-likeness (QED) is 0.574. The molecule has 4 rings (SSSR count). The number of allylic oxidation sites excluding steroid dienone is 1. The van der Waals surface area contributed by atoms with E-state index in [1.807, 2.05) is 54.7 Å². The zero-order valence-electron chi connectivity index (χ0n) is 12.1. The van der Waals surface area contributed by atoms with Gasteiger partial charge >= 0.3 is 0 Å². The maximum atomic E-state index is 12.6. The van der Waals surface area contributed by atoms with Crippen LogP contribution >= 0.6 is 24.0 Å². The molecular weight excluding hydrogens is 329 g/mol. The Morgan fingerprint density at radius 3 is 2.74 bits per heavy atom. The number of nitrogens with zero attached hydrogens (tertiary/aromatic N) is 1. The minimum atomic E-state index is 0. The third kappa shape index (κ3) is 2.65. The molecule has 0 atom stereocenters. The zero-order chi connectivity index (χ0) is 15.1. The number of aromatic nitrogens is 1. The van der Waals surface area contributed by atoms with Crippen LogP contribution in [0.15, 0.2) is 60.4 Å². The number of pyridine rings is 1. The molecule has 1 heterocycles. The fourth-order valence-corrected chi connectivity index (χ4v) is 3.21. The van der Waals surface area contributed by atoms with Crippen LogP contribution in [0.25, 0.3) is 16.8 Å². The summed E-state index contributed by atoms with van der Waals surface area (Å²) in [5, 5.41) is 2.83. The Kier molecular flexibility index (Phi) is 4.20. The maximum Gasteiger partial charge on any atom is 0.189 e. The Labute approximate surface area is 145 Å². The Bertz CT molecular complexity index is 942. The lowest BCUT2D eigenvalue weighted by atomic mass is 10.0. The molecule has 0 amide bonds. The van der Waals surface area contributed by atoms with Gasteiger partial charge in [-0.25, -0.2) is 0 Å². The van der Waals surface area contributed by atoms with Crippen molar-refractivity contribution >= 4 is 46.6 Å². The van der Waals surface area contributed by atoms with Gasteiger partial charge in [-0.15, -0.1) is 12.4 Å². The second-order valence-corrected chi connectivity index (χ2v) is 5.79. The number of hydrogen-bond acceptors (Lipinski definition) is 2. The highest BCUT2D eigenvalue weighted by Crippen LogP contribution is 2.33. The van der Waals surface area contributed by atoms with Gasteiger partial charge in [0.15, 0.2) is 5.78 Å². The van der Waals surface area contributed by atoms with Gasteiger partial charge in [0.2, 0.25) is 0 Å². The molecule has 0 fully saturated rings. The molecule has 23 heavy (non-hydrogen) atoms. The molecule has 0 unspecified atom stereocenters. The number of benzene rings is 2. The van der Waals surface area contributed by atoms with Gasteiger partial charge in [-0.05, 0) is 34.7 Å². The molecule has 1 aliphatic rings. The highest BCUT2D eigenvalue weighted by molar-refractivity contribution is 6.33. The predicted molar refractivity (Wildman–Crippen MR) is 96.5 cm³/mol. The molecule has 0 spiro atoms. The fraction of sp³-hybridized carbons (Fsp3) is 0.0526. The Morgan fingerprint density at radius 1 is 1.09 bits per heavy atom. The summed E-state index contributed by atoms with van der Waals surface area (Å²) in [6.07, 6.45) is 6.17. The number of carbonyl (C=O) groups is 1. The molecule has 1 aromatic heterocycles. The molecular formula is C19H13Cl2NO. The molecule has 2 aromatic carbocycles. The first-order valence-electron chi connectivity index (χ1n) is 7.09. The first kappa shape index (κ1) is 15.7. The number of Topliss-reactive ketones (excluding diaryl/α,β-unsaturated/α-hetero) is 1. The third-order valence-corrected chi connectivity index (χ3v) is 4.42. The van der Waals surface area contributed by atoms with Gasteiger partial charge in [-0.1, -0.05) is 41.9 Å². The van der Waals surface area contributed by atoms with Crippen LogP contribution < -0.4 is 0 Å². The van der Waals surface area contributed by atoms with Crippen LogP contribution in [0, 0.1) is 0 Å². The minimum absolute atomic E-state index is 0. The van der Waals surface area contributed by atoms with Crippen molar-refractivity contribution in [3.8, 4) is 0 Å². The summed E-state index contributed by atoms with van der Waals surface area (Å²) < 4.78 is 0. The molecule has 0 saturated carbocycles. The van der Waals surface area contributed by atoms with E-state index >= 15 is 0 Å². The number of rotatable bonds is 1. The standard InChI is InChI=1S/C19H12ClNO.ClH/c20-18-6-2-5-16-17(18)10-14(19(16)22)9-12-3-1-4-13-11-21-8-7-15(12)13;/h1-9,11H,10H2;1H/b14-9-;. The van der Waals surface area contributed by atoms with Gasteiger partial charge in [0.25, 0.3) is 0 Å². The van der Waals surface area contributed by atoms with Crippen molar-refractivity contribution in [3.63, 3.8) is 0 Å². The molecule has 3 aromatic rings. The summed E-state index contributed by atoms with van der Waals surface area (Å²) in [6.45, 7) is 0. The second kappa shape index (κ2) is 6.15. The lowest BCUT2D eigenvalue weighted by molar-refractivity contribution is 0.104. The van der Waals surface area contributed by atoms with E-state index in [9.17, 15) is 4.79 Å². The molecule has 0 radical (unpaired) electrons. The normalized spacial score (nSPS) is 14.8. The first-order valence-corrected chi connectivity index (χ1v) is 7.47. The van der Waals surface area contributed by atoms with Crippen molar-refractivity contribution in [2.24, 2.45) is 0 Å². The highest BCUT2D eigenvalue weighted by Gasteiger charge is 2.26. The lowest BCUT2D eigenvalue weighted by Gasteiger charge is -2.02. The molecule has 2 nitrogen and oxygen atoms in total. The van der Waals surface area contributed by atoms with E-state index in [4.69, 9.17) is 11.6 Å². The Balaban J connectivity index is 0.00000156. The predicted octanol–water partition coefficient (Wildman–Crippen LogP) is 5.13. The summed E-state index contributed by atoms with van der Waals surface area (Å²) in [7, 11) is 0. The number of fused-ring (bicyclic) bond motifs is 2. The van der Waals surface area contributed by atoms with Crippen LogP contribution in [-0.2, 0) is 6.42 Å². The Hall–Kier alpha value is -2.16. The summed E-state index contributed by atoms with van der Waals surface area (Å²) >= 11 is 6.21. The maximum absolute atomic E-state index is 12.6.